The molecule has 0 unspecified atom stereocenters. The van der Waals surface area contributed by atoms with Crippen LogP contribution in [0.5, 0.6) is 0 Å². The molecular weight excluding hydrogens is 420 g/mol. The molecule has 0 radical (unpaired) electrons. The van der Waals surface area contributed by atoms with E-state index in [1.165, 1.54) is 11.3 Å². The van der Waals surface area contributed by atoms with Crippen molar-refractivity contribution in [1.29, 1.82) is 0 Å². The maximum absolute atomic E-state index is 11.8. The maximum Gasteiger partial charge on any atom is 0.252 e. The van der Waals surface area contributed by atoms with Gasteiger partial charge in [0.2, 0.25) is 5.91 Å². The third-order valence-corrected chi connectivity index (χ3v) is 4.46. The highest BCUT2D eigenvalue weighted by Crippen LogP contribution is 2.26. The van der Waals surface area contributed by atoms with Gasteiger partial charge in [0.05, 0.1) is 5.69 Å². The third-order valence-electron chi connectivity index (χ3n) is 2.63. The van der Waals surface area contributed by atoms with E-state index in [1.54, 1.807) is 17.5 Å². The summed E-state index contributed by atoms with van der Waals surface area (Å²) in [6.07, 6.45) is 0.221. The fourth-order valence-corrected chi connectivity index (χ4v) is 3.37. The molecule has 4 nitrogen and oxygen atoms in total. The molecule has 0 spiro atoms. The van der Waals surface area contributed by atoms with E-state index in [0.29, 0.717) is 17.8 Å². The molecule has 0 aliphatic rings. The van der Waals surface area contributed by atoms with Crippen LogP contribution in [0.25, 0.3) is 0 Å². The minimum Gasteiger partial charge on any atom is -0.351 e. The van der Waals surface area contributed by atoms with Gasteiger partial charge in [0, 0.05) is 32.9 Å². The second-order valence-electron chi connectivity index (χ2n) is 4.19. The Hall–Kier alpha value is -1.18. The van der Waals surface area contributed by atoms with Gasteiger partial charge in [0.1, 0.15) is 0 Å². The van der Waals surface area contributed by atoms with Crippen molar-refractivity contribution in [2.75, 3.05) is 11.9 Å². The fraction of sp³-hybridized carbons (Fsp3) is 0.143. The number of nitrogens with one attached hydrogen (secondary N) is 2. The molecule has 0 aliphatic carbocycles. The van der Waals surface area contributed by atoms with Gasteiger partial charge in [-0.25, -0.2) is 0 Å². The minimum absolute atomic E-state index is 0.149. The summed E-state index contributed by atoms with van der Waals surface area (Å²) in [6.45, 7) is 0.300. The summed E-state index contributed by atoms with van der Waals surface area (Å²) in [5.74, 6) is -0.308. The number of hydrogen-bond donors (Lipinski definition) is 2. The average Bonchev–Trinajstić information content (AvgIpc) is 2.96. The molecule has 7 heteroatoms. The number of carbonyl (C=O) groups is 2. The van der Waals surface area contributed by atoms with Crippen molar-refractivity contribution in [3.8, 4) is 0 Å². The molecule has 2 rings (SSSR count). The van der Waals surface area contributed by atoms with Gasteiger partial charge in [-0.15, -0.1) is 0 Å². The SMILES string of the molecule is O=C(CCNC(=O)c1ccsc1)Nc1ccc(Br)cc1Br. The number of carbonyl (C=O) groups excluding carboxylic acids is 2. The van der Waals surface area contributed by atoms with Crippen molar-refractivity contribution >= 4 is 60.7 Å². The predicted octanol–water partition coefficient (Wildman–Crippen LogP) is 4.03. The number of rotatable bonds is 5. The Morgan fingerprint density at radius 3 is 2.67 bits per heavy atom. The van der Waals surface area contributed by atoms with Gasteiger partial charge in [-0.2, -0.15) is 11.3 Å². The molecule has 1 aromatic carbocycles. The van der Waals surface area contributed by atoms with Gasteiger partial charge in [-0.1, -0.05) is 15.9 Å². The summed E-state index contributed by atoms with van der Waals surface area (Å²) in [5.41, 5.74) is 1.32. The summed E-state index contributed by atoms with van der Waals surface area (Å²) < 4.78 is 1.72. The molecule has 0 aliphatic heterocycles. The standard InChI is InChI=1S/C14H12Br2N2O2S/c15-10-1-2-12(11(16)7-10)18-13(19)3-5-17-14(20)9-4-6-21-8-9/h1-2,4,6-8H,3,5H2,(H,17,20)(H,18,19). The van der Waals surface area contributed by atoms with Gasteiger partial charge < -0.3 is 10.6 Å². The van der Waals surface area contributed by atoms with Crippen LogP contribution in [0.3, 0.4) is 0 Å². The van der Waals surface area contributed by atoms with Crippen LogP contribution < -0.4 is 10.6 Å². The second-order valence-corrected chi connectivity index (χ2v) is 6.74. The summed E-state index contributed by atoms with van der Waals surface area (Å²) in [6, 6.07) is 7.25. The highest BCUT2D eigenvalue weighted by atomic mass is 79.9. The molecule has 2 amide bonds. The first kappa shape index (κ1) is 16.2. The van der Waals surface area contributed by atoms with Gasteiger partial charge in [-0.3, -0.25) is 9.59 Å². The predicted molar refractivity (Wildman–Crippen MR) is 91.7 cm³/mol. The van der Waals surface area contributed by atoms with E-state index in [1.807, 2.05) is 17.5 Å². The van der Waals surface area contributed by atoms with E-state index in [9.17, 15) is 9.59 Å². The summed E-state index contributed by atoms with van der Waals surface area (Å²) >= 11 is 8.19. The lowest BCUT2D eigenvalue weighted by Gasteiger charge is -2.08. The first-order valence-corrected chi connectivity index (χ1v) is 8.64. The number of halogens is 2. The zero-order valence-corrected chi connectivity index (χ0v) is 14.8. The first-order valence-electron chi connectivity index (χ1n) is 6.11. The number of thiophene rings is 1. The number of benzene rings is 1. The molecule has 0 saturated heterocycles. The number of hydrogen-bond acceptors (Lipinski definition) is 3. The van der Waals surface area contributed by atoms with E-state index in [2.05, 4.69) is 42.5 Å². The maximum atomic E-state index is 11.8. The van der Waals surface area contributed by atoms with Crippen LogP contribution in [0.15, 0.2) is 44.0 Å². The number of anilines is 1. The Balaban J connectivity index is 1.78. The van der Waals surface area contributed by atoms with Gasteiger partial charge in [-0.05, 0) is 45.6 Å². The lowest BCUT2D eigenvalue weighted by molar-refractivity contribution is -0.116. The van der Waals surface area contributed by atoms with Gasteiger partial charge >= 0.3 is 0 Å². The molecule has 1 heterocycles. The molecular formula is C14H12Br2N2O2S. The van der Waals surface area contributed by atoms with Gasteiger partial charge in [0.15, 0.2) is 0 Å². The zero-order chi connectivity index (χ0) is 15.2. The molecule has 0 atom stereocenters. The Morgan fingerprint density at radius 2 is 2.00 bits per heavy atom. The van der Waals surface area contributed by atoms with Crippen molar-refractivity contribution in [3.05, 3.63) is 49.5 Å². The smallest absolute Gasteiger partial charge is 0.252 e. The van der Waals surface area contributed by atoms with Crippen LogP contribution in [-0.2, 0) is 4.79 Å². The normalized spacial score (nSPS) is 10.2. The van der Waals surface area contributed by atoms with E-state index in [-0.39, 0.29) is 18.2 Å². The fourth-order valence-electron chi connectivity index (χ4n) is 1.59. The highest BCUT2D eigenvalue weighted by molar-refractivity contribution is 9.11. The Morgan fingerprint density at radius 1 is 1.19 bits per heavy atom. The largest absolute Gasteiger partial charge is 0.351 e. The summed E-state index contributed by atoms with van der Waals surface area (Å²) in [5, 5.41) is 9.12. The molecule has 2 N–H and O–H groups in total. The topological polar surface area (TPSA) is 58.2 Å². The van der Waals surface area contributed by atoms with Crippen molar-refractivity contribution in [1.82, 2.24) is 5.32 Å². The Bertz CT molecular complexity index is 644. The quantitative estimate of drug-likeness (QED) is 0.750. The van der Waals surface area contributed by atoms with Crippen LogP contribution in [0.2, 0.25) is 0 Å². The van der Waals surface area contributed by atoms with Crippen molar-refractivity contribution in [3.63, 3.8) is 0 Å². The monoisotopic (exact) mass is 430 g/mol. The summed E-state index contributed by atoms with van der Waals surface area (Å²) in [4.78, 5) is 23.5. The Kier molecular flexibility index (Phi) is 5.96. The highest BCUT2D eigenvalue weighted by Gasteiger charge is 2.08. The van der Waals surface area contributed by atoms with E-state index >= 15 is 0 Å². The van der Waals surface area contributed by atoms with Crippen LogP contribution in [0, 0.1) is 0 Å². The number of amides is 2. The second kappa shape index (κ2) is 7.72. The molecule has 110 valence electrons. The van der Waals surface area contributed by atoms with Crippen LogP contribution in [-0.4, -0.2) is 18.4 Å². The minimum atomic E-state index is -0.158. The molecule has 21 heavy (non-hydrogen) atoms. The van der Waals surface area contributed by atoms with Crippen LogP contribution in [0.1, 0.15) is 16.8 Å². The third kappa shape index (κ3) is 4.94. The van der Waals surface area contributed by atoms with E-state index in [0.717, 1.165) is 8.95 Å². The molecule has 0 bridgehead atoms. The lowest BCUT2D eigenvalue weighted by atomic mass is 10.3. The van der Waals surface area contributed by atoms with Gasteiger partial charge in [0.25, 0.3) is 5.91 Å². The summed E-state index contributed by atoms with van der Waals surface area (Å²) in [7, 11) is 0. The average molecular weight is 432 g/mol. The van der Waals surface area contributed by atoms with Crippen LogP contribution in [0.4, 0.5) is 5.69 Å². The van der Waals surface area contributed by atoms with Crippen molar-refractivity contribution in [2.45, 2.75) is 6.42 Å². The molecule has 1 aromatic heterocycles. The molecule has 0 fully saturated rings. The van der Waals surface area contributed by atoms with Crippen molar-refractivity contribution < 1.29 is 9.59 Å². The van der Waals surface area contributed by atoms with Crippen molar-refractivity contribution in [2.24, 2.45) is 0 Å². The molecule has 0 saturated carbocycles. The molecule has 2 aromatic rings. The lowest BCUT2D eigenvalue weighted by Crippen LogP contribution is -2.27. The van der Waals surface area contributed by atoms with E-state index < -0.39 is 0 Å². The first-order chi connectivity index (χ1) is 10.1. The zero-order valence-electron chi connectivity index (χ0n) is 10.9. The van der Waals surface area contributed by atoms with E-state index in [4.69, 9.17) is 0 Å². The Labute approximate surface area is 143 Å². The van der Waals surface area contributed by atoms with Crippen LogP contribution >= 0.6 is 43.2 Å².